The number of carbonyl (C=O) groups is 1. The van der Waals surface area contributed by atoms with Gasteiger partial charge in [-0.3, -0.25) is 4.90 Å². The molecule has 0 amide bonds. The molecule has 4 aliphatic heterocycles. The fourth-order valence-electron chi connectivity index (χ4n) is 9.09. The number of nitrogens with zero attached hydrogens (tertiary/aromatic N) is 2. The number of rotatable bonds is 7. The average Bonchev–Trinajstić information content (AvgIpc) is 3.18. The normalized spacial score (nSPS) is 28.9. The van der Waals surface area contributed by atoms with Crippen molar-refractivity contribution < 1.29 is 19.1 Å². The fourth-order valence-corrected chi connectivity index (χ4v) is 14.6. The Morgan fingerprint density at radius 1 is 1.05 bits per heavy atom. The summed E-state index contributed by atoms with van der Waals surface area (Å²) in [5.74, 6) is 0.941. The van der Waals surface area contributed by atoms with Crippen molar-refractivity contribution in [2.75, 3.05) is 13.2 Å². The summed E-state index contributed by atoms with van der Waals surface area (Å²) in [4.78, 5) is 16.3. The van der Waals surface area contributed by atoms with Gasteiger partial charge in [0.1, 0.15) is 5.60 Å². The summed E-state index contributed by atoms with van der Waals surface area (Å²) in [5.41, 5.74) is 4.40. The zero-order valence-corrected chi connectivity index (χ0v) is 27.4. The van der Waals surface area contributed by atoms with Crippen molar-refractivity contribution in [2.45, 2.75) is 122 Å². The maximum absolute atomic E-state index is 13.7. The predicted octanol–water partition coefficient (Wildman–Crippen LogP) is 7.53. The first kappa shape index (κ1) is 29.8. The molecule has 2 aromatic rings. The van der Waals surface area contributed by atoms with E-state index in [0.717, 1.165) is 37.2 Å². The molecule has 7 heteroatoms. The Balaban J connectivity index is 1.57. The number of piperidine rings is 3. The van der Waals surface area contributed by atoms with E-state index in [0.29, 0.717) is 34.5 Å². The highest BCUT2D eigenvalue weighted by molar-refractivity contribution is 6.77. The van der Waals surface area contributed by atoms with Crippen LogP contribution in [0.4, 0.5) is 4.79 Å². The minimum absolute atomic E-state index is 0.146. The Hall–Kier alpha value is -1.67. The maximum atomic E-state index is 13.7. The molecule has 40 heavy (non-hydrogen) atoms. The van der Waals surface area contributed by atoms with Gasteiger partial charge in [0.2, 0.25) is 0 Å². The van der Waals surface area contributed by atoms with Gasteiger partial charge in [0.25, 0.3) is 0 Å². The van der Waals surface area contributed by atoms with Gasteiger partial charge in [0.05, 0.1) is 23.4 Å². The molecule has 222 valence electrons. The van der Waals surface area contributed by atoms with Crippen molar-refractivity contribution in [3.05, 3.63) is 35.5 Å². The second-order valence-corrected chi connectivity index (χ2v) is 20.2. The fraction of sp³-hybridized carbons (Fsp3) is 0.727. The second kappa shape index (κ2) is 10.6. The molecule has 5 heterocycles. The Kier molecular flexibility index (Phi) is 7.86. The van der Waals surface area contributed by atoms with E-state index < -0.39 is 13.9 Å². The van der Waals surface area contributed by atoms with E-state index in [1.54, 1.807) is 0 Å². The van der Waals surface area contributed by atoms with Crippen LogP contribution < -0.4 is 0 Å². The lowest BCUT2D eigenvalue weighted by molar-refractivity contribution is -0.137. The number of aliphatic hydroxyl groups is 1. The van der Waals surface area contributed by atoms with Gasteiger partial charge >= 0.3 is 6.09 Å². The third-order valence-corrected chi connectivity index (χ3v) is 16.6. The van der Waals surface area contributed by atoms with Crippen LogP contribution >= 0.6 is 0 Å². The zero-order valence-electron chi connectivity index (χ0n) is 26.4. The average molecular weight is 569 g/mol. The number of para-hydroxylation sites is 1. The van der Waals surface area contributed by atoms with Gasteiger partial charge in [-0.2, -0.15) is 0 Å². The van der Waals surface area contributed by atoms with E-state index in [9.17, 15) is 9.90 Å². The minimum Gasteiger partial charge on any atom is -0.443 e. The van der Waals surface area contributed by atoms with Gasteiger partial charge < -0.3 is 14.3 Å². The van der Waals surface area contributed by atoms with E-state index in [4.69, 9.17) is 9.16 Å². The van der Waals surface area contributed by atoms with E-state index in [-0.39, 0.29) is 24.2 Å². The number of aromatic nitrogens is 1. The Morgan fingerprint density at radius 3 is 2.25 bits per heavy atom. The first-order valence-corrected chi connectivity index (χ1v) is 17.8. The number of fused-ring (bicyclic) bond motifs is 4. The van der Waals surface area contributed by atoms with Gasteiger partial charge in [-0.05, 0) is 74.7 Å². The number of benzene rings is 1. The van der Waals surface area contributed by atoms with E-state index in [1.165, 1.54) is 10.9 Å². The molecule has 0 saturated carbocycles. The van der Waals surface area contributed by atoms with Crippen LogP contribution in [0.2, 0.25) is 16.6 Å². The highest BCUT2D eigenvalue weighted by Crippen LogP contribution is 2.56. The molecule has 3 fully saturated rings. The summed E-state index contributed by atoms with van der Waals surface area (Å²) in [6.07, 6.45) is 1.18. The largest absolute Gasteiger partial charge is 0.443 e. The Labute approximate surface area is 242 Å². The van der Waals surface area contributed by atoms with Crippen LogP contribution in [0.15, 0.2) is 24.3 Å². The predicted molar refractivity (Wildman–Crippen MR) is 164 cm³/mol. The molecular formula is C33H52N2O4Si. The van der Waals surface area contributed by atoms with Crippen molar-refractivity contribution in [2.24, 2.45) is 17.8 Å². The molecule has 0 radical (unpaired) electrons. The molecule has 2 unspecified atom stereocenters. The van der Waals surface area contributed by atoms with Crippen molar-refractivity contribution in [1.82, 2.24) is 9.47 Å². The molecule has 0 spiro atoms. The van der Waals surface area contributed by atoms with Crippen LogP contribution in [0.1, 0.15) is 93.0 Å². The second-order valence-electron chi connectivity index (χ2n) is 14.8. The van der Waals surface area contributed by atoms with Crippen LogP contribution in [-0.2, 0) is 15.6 Å². The van der Waals surface area contributed by atoms with Crippen LogP contribution in [0, 0.1) is 17.8 Å². The van der Waals surface area contributed by atoms with Gasteiger partial charge in [0.15, 0.2) is 8.32 Å². The molecule has 1 aromatic heterocycles. The van der Waals surface area contributed by atoms with Crippen LogP contribution in [0.25, 0.3) is 10.9 Å². The van der Waals surface area contributed by atoms with Gasteiger partial charge in [-0.25, -0.2) is 9.36 Å². The molecule has 6 rings (SSSR count). The van der Waals surface area contributed by atoms with Crippen molar-refractivity contribution >= 4 is 25.3 Å². The minimum atomic E-state index is -2.03. The standard InChI is InChI=1S/C33H52N2O4Si/c1-19(2)40(20(3)4,21(5)6)38-18-27-24-15-30-31-25(16-29(27)34(30)17-26(24)22(7)36)23-13-11-12-14-28(23)35(31)32(37)39-33(8,9)10/h11-14,19-22,24,26-27,29-30,36H,15-18H2,1-10H3/t22?,24-,26-,27+,29-,30-/m0/s1. The molecular weight excluding hydrogens is 516 g/mol. The molecule has 3 saturated heterocycles. The molecule has 6 nitrogen and oxygen atoms in total. The van der Waals surface area contributed by atoms with Crippen LogP contribution in [-0.4, -0.2) is 59.9 Å². The topological polar surface area (TPSA) is 63.9 Å². The highest BCUT2D eigenvalue weighted by Gasteiger charge is 2.57. The first-order valence-electron chi connectivity index (χ1n) is 15.6. The number of hydrogen-bond acceptors (Lipinski definition) is 5. The van der Waals surface area contributed by atoms with E-state index >= 15 is 0 Å². The molecule has 1 aromatic carbocycles. The summed E-state index contributed by atoms with van der Waals surface area (Å²) >= 11 is 0. The Bertz CT molecular complexity index is 1220. The number of aliphatic hydroxyl groups excluding tert-OH is 1. The lowest BCUT2D eigenvalue weighted by atomic mass is 9.61. The first-order chi connectivity index (χ1) is 18.7. The molecule has 1 N–H and O–H groups in total. The third-order valence-electron chi connectivity index (χ3n) is 10.5. The molecule has 4 bridgehead atoms. The van der Waals surface area contributed by atoms with E-state index in [2.05, 4.69) is 64.6 Å². The number of ether oxygens (including phenoxy) is 1. The highest BCUT2D eigenvalue weighted by atomic mass is 28.4. The summed E-state index contributed by atoms with van der Waals surface area (Å²) < 4.78 is 15.1. The Morgan fingerprint density at radius 2 is 1.68 bits per heavy atom. The number of carbonyl (C=O) groups excluding carboxylic acids is 1. The summed E-state index contributed by atoms with van der Waals surface area (Å²) in [6.45, 7) is 23.5. The van der Waals surface area contributed by atoms with Crippen molar-refractivity contribution in [1.29, 1.82) is 0 Å². The molecule has 7 atom stereocenters. The molecule has 4 aliphatic rings. The lowest BCUT2D eigenvalue weighted by Crippen LogP contribution is -2.65. The van der Waals surface area contributed by atoms with E-state index in [1.807, 2.05) is 38.3 Å². The summed E-state index contributed by atoms with van der Waals surface area (Å²) in [5, 5.41) is 12.1. The van der Waals surface area contributed by atoms with Gasteiger partial charge in [-0.1, -0.05) is 59.7 Å². The van der Waals surface area contributed by atoms with Gasteiger partial charge in [-0.15, -0.1) is 0 Å². The quantitative estimate of drug-likeness (QED) is 0.350. The van der Waals surface area contributed by atoms with Crippen LogP contribution in [0.3, 0.4) is 0 Å². The van der Waals surface area contributed by atoms with Crippen molar-refractivity contribution in [3.63, 3.8) is 0 Å². The third kappa shape index (κ3) is 4.69. The zero-order chi connectivity index (χ0) is 29.3. The van der Waals surface area contributed by atoms with Crippen LogP contribution in [0.5, 0.6) is 0 Å². The monoisotopic (exact) mass is 568 g/mol. The SMILES string of the molecule is CC(O)[C@@H]1CN2[C@H]3C[C@@H]1[C@@H](CO[Si](C(C)C)(C(C)C)C(C)C)[C@@H]2Cc1c3n(C(=O)OC(C)(C)C)c2ccccc12. The van der Waals surface area contributed by atoms with Gasteiger partial charge in [0, 0.05) is 36.4 Å². The van der Waals surface area contributed by atoms with Crippen molar-refractivity contribution in [3.8, 4) is 0 Å². The number of hydrogen-bond donors (Lipinski definition) is 1. The smallest absolute Gasteiger partial charge is 0.419 e. The summed E-state index contributed by atoms with van der Waals surface area (Å²) in [7, 11) is -2.03. The summed E-state index contributed by atoms with van der Waals surface area (Å²) in [6, 6.07) is 8.82. The molecule has 0 aliphatic carbocycles. The maximum Gasteiger partial charge on any atom is 0.419 e. The lowest BCUT2D eigenvalue weighted by Gasteiger charge is -2.61.